The molecule has 3 heterocycles. The van der Waals surface area contributed by atoms with Crippen LogP contribution in [0.4, 0.5) is 19.6 Å². The fourth-order valence-electron chi connectivity index (χ4n) is 3.19. The van der Waals surface area contributed by atoms with Crippen LogP contribution in [-0.2, 0) is 6.54 Å². The van der Waals surface area contributed by atoms with E-state index in [-0.39, 0.29) is 0 Å². The van der Waals surface area contributed by atoms with Gasteiger partial charge in [-0.1, -0.05) is 0 Å². The van der Waals surface area contributed by atoms with Crippen molar-refractivity contribution < 1.29 is 8.78 Å². The van der Waals surface area contributed by atoms with Gasteiger partial charge in [-0.25, -0.2) is 18.7 Å². The highest BCUT2D eigenvalue weighted by atomic mass is 32.1. The largest absolute Gasteiger partial charge is 0.368 e. The summed E-state index contributed by atoms with van der Waals surface area (Å²) in [4.78, 5) is 25.4. The Kier molecular flexibility index (Phi) is 4.73. The van der Waals surface area contributed by atoms with Crippen LogP contribution in [0.2, 0.25) is 0 Å². The number of rotatable bonds is 4. The van der Waals surface area contributed by atoms with Crippen molar-refractivity contribution >= 4 is 33.3 Å². The molecule has 0 bridgehead atoms. The maximum atomic E-state index is 12.6. The van der Waals surface area contributed by atoms with Crippen molar-refractivity contribution in [3.63, 3.8) is 0 Å². The molecule has 0 radical (unpaired) electrons. The SMILES string of the molecule is Cc1nsc(N2CCN(c3ccc4c(=O)n(CC(F)F)cnc4c3)CC2)n1. The number of halogens is 2. The number of hydrogen-bond acceptors (Lipinski definition) is 7. The predicted molar refractivity (Wildman–Crippen MR) is 101 cm³/mol. The average molecular weight is 392 g/mol. The molecular weight excluding hydrogens is 374 g/mol. The van der Waals surface area contributed by atoms with Crippen LogP contribution in [-0.4, -0.2) is 51.5 Å². The summed E-state index contributed by atoms with van der Waals surface area (Å²) in [6.07, 6.45) is -1.40. The van der Waals surface area contributed by atoms with Crippen LogP contribution >= 0.6 is 11.5 Å². The van der Waals surface area contributed by atoms with E-state index in [4.69, 9.17) is 0 Å². The summed E-state index contributed by atoms with van der Waals surface area (Å²) in [5.74, 6) is 0.788. The Balaban J connectivity index is 1.52. The molecule has 2 aromatic heterocycles. The first kappa shape index (κ1) is 17.8. The number of alkyl halides is 2. The van der Waals surface area contributed by atoms with E-state index in [2.05, 4.69) is 24.1 Å². The molecule has 1 fully saturated rings. The zero-order chi connectivity index (χ0) is 19.0. The first-order valence-corrected chi connectivity index (χ1v) is 9.36. The van der Waals surface area contributed by atoms with Gasteiger partial charge >= 0.3 is 0 Å². The second-order valence-corrected chi connectivity index (χ2v) is 7.12. The van der Waals surface area contributed by atoms with Crippen LogP contribution in [0, 0.1) is 6.92 Å². The van der Waals surface area contributed by atoms with Gasteiger partial charge in [-0.2, -0.15) is 4.37 Å². The van der Waals surface area contributed by atoms with Crippen LogP contribution in [0.15, 0.2) is 29.3 Å². The van der Waals surface area contributed by atoms with E-state index in [1.165, 1.54) is 17.9 Å². The minimum absolute atomic E-state index is 0.352. The fourth-order valence-corrected chi connectivity index (χ4v) is 3.92. The Morgan fingerprint density at radius 2 is 1.93 bits per heavy atom. The number of aromatic nitrogens is 4. The fraction of sp³-hybridized carbons (Fsp3) is 0.412. The Bertz CT molecular complexity index is 1010. The molecule has 7 nitrogen and oxygen atoms in total. The lowest BCUT2D eigenvalue weighted by molar-refractivity contribution is 0.125. The van der Waals surface area contributed by atoms with E-state index >= 15 is 0 Å². The smallest absolute Gasteiger partial charge is 0.261 e. The van der Waals surface area contributed by atoms with Crippen molar-refractivity contribution in [2.24, 2.45) is 0 Å². The van der Waals surface area contributed by atoms with Crippen molar-refractivity contribution in [2.45, 2.75) is 19.9 Å². The number of aryl methyl sites for hydroxylation is 1. The lowest BCUT2D eigenvalue weighted by Gasteiger charge is -2.35. The standard InChI is InChI=1S/C17H18F2N6OS/c1-11-21-17(27-22-11)24-6-4-23(5-7-24)12-2-3-13-14(8-12)20-10-25(16(13)26)9-15(18)19/h2-3,8,10,15H,4-7,9H2,1H3. The van der Waals surface area contributed by atoms with Gasteiger partial charge in [0.15, 0.2) is 0 Å². The molecule has 142 valence electrons. The molecule has 27 heavy (non-hydrogen) atoms. The zero-order valence-corrected chi connectivity index (χ0v) is 15.5. The highest BCUT2D eigenvalue weighted by Crippen LogP contribution is 2.23. The summed E-state index contributed by atoms with van der Waals surface area (Å²) in [5.41, 5.74) is 1.04. The lowest BCUT2D eigenvalue weighted by atomic mass is 10.2. The Labute approximate surface area is 158 Å². The summed E-state index contributed by atoms with van der Waals surface area (Å²) in [6.45, 7) is 4.52. The van der Waals surface area contributed by atoms with Crippen LogP contribution in [0.5, 0.6) is 0 Å². The van der Waals surface area contributed by atoms with Crippen molar-refractivity contribution in [3.8, 4) is 0 Å². The van der Waals surface area contributed by atoms with Gasteiger partial charge < -0.3 is 9.80 Å². The third kappa shape index (κ3) is 3.61. The molecule has 10 heteroatoms. The molecule has 1 saturated heterocycles. The third-order valence-corrected chi connectivity index (χ3v) is 5.44. The van der Waals surface area contributed by atoms with Crippen LogP contribution in [0.25, 0.3) is 10.9 Å². The second-order valence-electron chi connectivity index (χ2n) is 6.39. The van der Waals surface area contributed by atoms with Crippen LogP contribution in [0.1, 0.15) is 5.82 Å². The number of anilines is 2. The van der Waals surface area contributed by atoms with Gasteiger partial charge in [-0.05, 0) is 25.1 Å². The summed E-state index contributed by atoms with van der Waals surface area (Å²) in [7, 11) is 0. The number of piperazine rings is 1. The molecule has 3 aromatic rings. The normalized spacial score (nSPS) is 15.1. The molecule has 0 spiro atoms. The second kappa shape index (κ2) is 7.18. The highest BCUT2D eigenvalue weighted by molar-refractivity contribution is 7.09. The Hall–Kier alpha value is -2.62. The Morgan fingerprint density at radius 1 is 1.19 bits per heavy atom. The van der Waals surface area contributed by atoms with E-state index < -0.39 is 18.5 Å². The van der Waals surface area contributed by atoms with E-state index in [9.17, 15) is 13.6 Å². The van der Waals surface area contributed by atoms with E-state index in [0.29, 0.717) is 10.9 Å². The maximum absolute atomic E-state index is 12.6. The van der Waals surface area contributed by atoms with Gasteiger partial charge in [0, 0.05) is 43.4 Å². The molecular formula is C17H18F2N6OS. The van der Waals surface area contributed by atoms with Crippen molar-refractivity contribution in [2.75, 3.05) is 36.0 Å². The summed E-state index contributed by atoms with van der Waals surface area (Å²) >= 11 is 1.41. The van der Waals surface area contributed by atoms with E-state index in [0.717, 1.165) is 47.4 Å². The van der Waals surface area contributed by atoms with E-state index in [1.807, 2.05) is 19.1 Å². The minimum atomic E-state index is -2.59. The number of fused-ring (bicyclic) bond motifs is 1. The number of hydrogen-bond donors (Lipinski definition) is 0. The van der Waals surface area contributed by atoms with Gasteiger partial charge in [-0.3, -0.25) is 9.36 Å². The topological polar surface area (TPSA) is 67.2 Å². The van der Waals surface area contributed by atoms with E-state index in [1.54, 1.807) is 6.07 Å². The molecule has 0 amide bonds. The summed E-state index contributed by atoms with van der Waals surface area (Å²) < 4.78 is 30.3. The van der Waals surface area contributed by atoms with Gasteiger partial charge in [0.25, 0.3) is 12.0 Å². The zero-order valence-electron chi connectivity index (χ0n) is 14.7. The minimum Gasteiger partial charge on any atom is -0.368 e. The quantitative estimate of drug-likeness (QED) is 0.678. The monoisotopic (exact) mass is 392 g/mol. The summed E-state index contributed by atoms with van der Waals surface area (Å²) in [5, 5.41) is 1.29. The number of nitrogens with zero attached hydrogens (tertiary/aromatic N) is 6. The van der Waals surface area contributed by atoms with Gasteiger partial charge in [-0.15, -0.1) is 0 Å². The third-order valence-electron chi connectivity index (χ3n) is 4.58. The predicted octanol–water partition coefficient (Wildman–Crippen LogP) is 2.15. The van der Waals surface area contributed by atoms with Crippen LogP contribution in [0.3, 0.4) is 0 Å². The summed E-state index contributed by atoms with van der Waals surface area (Å²) in [6, 6.07) is 5.36. The molecule has 0 saturated carbocycles. The highest BCUT2D eigenvalue weighted by Gasteiger charge is 2.20. The molecule has 1 aliphatic rings. The first-order valence-electron chi connectivity index (χ1n) is 8.59. The molecule has 0 atom stereocenters. The molecule has 4 rings (SSSR count). The maximum Gasteiger partial charge on any atom is 0.261 e. The molecule has 1 aliphatic heterocycles. The Morgan fingerprint density at radius 3 is 2.59 bits per heavy atom. The average Bonchev–Trinajstić information content (AvgIpc) is 3.10. The molecule has 0 aliphatic carbocycles. The van der Waals surface area contributed by atoms with Gasteiger partial charge in [0.1, 0.15) is 5.82 Å². The van der Waals surface area contributed by atoms with Crippen molar-refractivity contribution in [3.05, 3.63) is 40.7 Å². The first-order chi connectivity index (χ1) is 13.0. The van der Waals surface area contributed by atoms with Crippen molar-refractivity contribution in [1.82, 2.24) is 18.9 Å². The lowest BCUT2D eigenvalue weighted by Crippen LogP contribution is -2.46. The van der Waals surface area contributed by atoms with Gasteiger partial charge in [0.2, 0.25) is 5.13 Å². The molecule has 0 unspecified atom stereocenters. The number of benzene rings is 1. The van der Waals surface area contributed by atoms with Gasteiger partial charge in [0.05, 0.1) is 23.8 Å². The van der Waals surface area contributed by atoms with Crippen molar-refractivity contribution in [1.29, 1.82) is 0 Å². The van der Waals surface area contributed by atoms with Crippen LogP contribution < -0.4 is 15.4 Å². The molecule has 0 N–H and O–H groups in total. The molecule has 1 aromatic carbocycles.